The molecule has 1 aromatic heterocycles. The van der Waals surface area contributed by atoms with Crippen LogP contribution in [-0.2, 0) is 4.79 Å². The van der Waals surface area contributed by atoms with E-state index in [1.807, 2.05) is 93.6 Å². The number of aromatic nitrogens is 1. The SMILES string of the molecule is COc1cccc(-c2cc(-c3ccccc3)nc(SC(C)C(=O)Nc3cc(C)ccc3C)c2C#N)c1OC. The predicted molar refractivity (Wildman–Crippen MR) is 153 cm³/mol. The summed E-state index contributed by atoms with van der Waals surface area (Å²) in [5, 5.41) is 13.3. The molecule has 0 aliphatic carbocycles. The van der Waals surface area contributed by atoms with Gasteiger partial charge in [-0.05, 0) is 50.1 Å². The first-order valence-electron chi connectivity index (χ1n) is 12.1. The topological polar surface area (TPSA) is 84.2 Å². The lowest BCUT2D eigenvalue weighted by molar-refractivity contribution is -0.115. The van der Waals surface area contributed by atoms with E-state index in [0.717, 1.165) is 22.4 Å². The van der Waals surface area contributed by atoms with Crippen molar-refractivity contribution < 1.29 is 14.3 Å². The van der Waals surface area contributed by atoms with E-state index in [1.165, 1.54) is 11.8 Å². The molecule has 4 aromatic rings. The summed E-state index contributed by atoms with van der Waals surface area (Å²) in [6.07, 6.45) is 0. The summed E-state index contributed by atoms with van der Waals surface area (Å²) in [5.41, 5.74) is 6.13. The number of para-hydroxylation sites is 1. The lowest BCUT2D eigenvalue weighted by Gasteiger charge is -2.18. The molecule has 6 nitrogen and oxygen atoms in total. The van der Waals surface area contributed by atoms with Gasteiger partial charge in [0.15, 0.2) is 11.5 Å². The van der Waals surface area contributed by atoms with Crippen LogP contribution in [0.5, 0.6) is 11.5 Å². The third kappa shape index (κ3) is 5.66. The maximum atomic E-state index is 13.2. The molecular formula is C31H29N3O3S. The summed E-state index contributed by atoms with van der Waals surface area (Å²) in [6, 6.07) is 25.5. The zero-order chi connectivity index (χ0) is 27.2. The summed E-state index contributed by atoms with van der Waals surface area (Å²) in [7, 11) is 3.15. The normalized spacial score (nSPS) is 11.4. The number of thioether (sulfide) groups is 1. The van der Waals surface area contributed by atoms with E-state index >= 15 is 0 Å². The van der Waals surface area contributed by atoms with Gasteiger partial charge < -0.3 is 14.8 Å². The van der Waals surface area contributed by atoms with Crippen molar-refractivity contribution >= 4 is 23.4 Å². The van der Waals surface area contributed by atoms with Crippen molar-refractivity contribution in [3.05, 3.63) is 89.5 Å². The molecule has 0 aliphatic heterocycles. The molecule has 1 heterocycles. The molecule has 0 bridgehead atoms. The number of anilines is 1. The van der Waals surface area contributed by atoms with E-state index in [4.69, 9.17) is 14.5 Å². The molecule has 0 spiro atoms. The van der Waals surface area contributed by atoms with Crippen molar-refractivity contribution in [3.63, 3.8) is 0 Å². The Hall–Kier alpha value is -4.28. The number of amides is 1. The highest BCUT2D eigenvalue weighted by molar-refractivity contribution is 8.00. The van der Waals surface area contributed by atoms with Crippen LogP contribution in [0.2, 0.25) is 0 Å². The second-order valence-corrected chi connectivity index (χ2v) is 10.2. The summed E-state index contributed by atoms with van der Waals surface area (Å²) in [4.78, 5) is 18.0. The standard InChI is InChI=1S/C31H29N3O3S/c1-19-14-15-20(2)26(16-19)33-30(35)21(3)38-31-25(18-32)24(17-27(34-31)22-10-7-6-8-11-22)23-12-9-13-28(36-4)29(23)37-5/h6-17,21H,1-5H3,(H,33,35). The van der Waals surface area contributed by atoms with Gasteiger partial charge in [-0.2, -0.15) is 5.26 Å². The number of aryl methyl sites for hydroxylation is 2. The molecule has 0 saturated carbocycles. The third-order valence-electron chi connectivity index (χ3n) is 6.17. The minimum atomic E-state index is -0.513. The summed E-state index contributed by atoms with van der Waals surface area (Å²) in [6.45, 7) is 5.76. The average molecular weight is 524 g/mol. The first kappa shape index (κ1) is 26.8. The zero-order valence-corrected chi connectivity index (χ0v) is 22.8. The van der Waals surface area contributed by atoms with Crippen molar-refractivity contribution in [2.75, 3.05) is 19.5 Å². The van der Waals surface area contributed by atoms with Gasteiger partial charge in [-0.1, -0.05) is 66.4 Å². The molecule has 192 valence electrons. The molecule has 0 saturated heterocycles. The maximum absolute atomic E-state index is 13.2. The number of hydrogen-bond acceptors (Lipinski definition) is 6. The molecule has 1 unspecified atom stereocenters. The number of nitrogens with one attached hydrogen (secondary N) is 1. The van der Waals surface area contributed by atoms with Crippen LogP contribution < -0.4 is 14.8 Å². The van der Waals surface area contributed by atoms with Crippen LogP contribution in [0.15, 0.2) is 77.8 Å². The van der Waals surface area contributed by atoms with Crippen LogP contribution in [-0.4, -0.2) is 30.4 Å². The van der Waals surface area contributed by atoms with Crippen molar-refractivity contribution in [1.82, 2.24) is 4.98 Å². The number of nitrogens with zero attached hydrogens (tertiary/aromatic N) is 2. The fraction of sp³-hybridized carbons (Fsp3) is 0.194. The number of carbonyl (C=O) groups is 1. The van der Waals surface area contributed by atoms with Gasteiger partial charge in [-0.3, -0.25) is 4.79 Å². The summed E-state index contributed by atoms with van der Waals surface area (Å²) < 4.78 is 11.2. The summed E-state index contributed by atoms with van der Waals surface area (Å²) in [5.74, 6) is 0.913. The smallest absolute Gasteiger partial charge is 0.237 e. The van der Waals surface area contributed by atoms with E-state index in [9.17, 15) is 10.1 Å². The average Bonchev–Trinajstić information content (AvgIpc) is 2.94. The third-order valence-corrected chi connectivity index (χ3v) is 7.26. The molecule has 3 aromatic carbocycles. The highest BCUT2D eigenvalue weighted by atomic mass is 32.2. The molecule has 4 rings (SSSR count). The number of ether oxygens (including phenoxy) is 2. The number of carbonyl (C=O) groups excluding carboxylic acids is 1. The monoisotopic (exact) mass is 523 g/mol. The van der Waals surface area contributed by atoms with Gasteiger partial charge in [0, 0.05) is 22.4 Å². The molecule has 1 atom stereocenters. The lowest BCUT2D eigenvalue weighted by Crippen LogP contribution is -2.23. The molecule has 0 fully saturated rings. The molecule has 0 aliphatic rings. The number of pyridine rings is 1. The van der Waals surface area contributed by atoms with Gasteiger partial charge in [0.05, 0.1) is 30.7 Å². The van der Waals surface area contributed by atoms with Crippen molar-refractivity contribution in [2.45, 2.75) is 31.0 Å². The fourth-order valence-corrected chi connectivity index (χ4v) is 5.03. The van der Waals surface area contributed by atoms with Gasteiger partial charge in [-0.15, -0.1) is 0 Å². The molecule has 7 heteroatoms. The van der Waals surface area contributed by atoms with Crippen LogP contribution in [0, 0.1) is 25.2 Å². The minimum Gasteiger partial charge on any atom is -0.493 e. The Labute approximate surface area is 227 Å². The number of methoxy groups -OCH3 is 2. The van der Waals surface area contributed by atoms with E-state index in [2.05, 4.69) is 11.4 Å². The predicted octanol–water partition coefficient (Wildman–Crippen LogP) is 7.04. The van der Waals surface area contributed by atoms with Gasteiger partial charge in [0.25, 0.3) is 0 Å². The maximum Gasteiger partial charge on any atom is 0.237 e. The largest absolute Gasteiger partial charge is 0.493 e. The molecule has 0 radical (unpaired) electrons. The minimum absolute atomic E-state index is 0.167. The van der Waals surface area contributed by atoms with Crippen molar-refractivity contribution in [3.8, 4) is 40.0 Å². The van der Waals surface area contributed by atoms with Crippen molar-refractivity contribution in [2.24, 2.45) is 0 Å². The zero-order valence-electron chi connectivity index (χ0n) is 22.0. The molecule has 38 heavy (non-hydrogen) atoms. The van der Waals surface area contributed by atoms with Gasteiger partial charge in [0.2, 0.25) is 5.91 Å². The molecule has 1 N–H and O–H groups in total. The Balaban J connectivity index is 1.80. The quantitative estimate of drug-likeness (QED) is 0.249. The Morgan fingerprint density at radius 2 is 1.74 bits per heavy atom. The molecule has 1 amide bonds. The van der Waals surface area contributed by atoms with E-state index in [1.54, 1.807) is 14.2 Å². The van der Waals surface area contributed by atoms with E-state index in [0.29, 0.717) is 38.9 Å². The highest BCUT2D eigenvalue weighted by Crippen LogP contribution is 2.42. The van der Waals surface area contributed by atoms with E-state index < -0.39 is 5.25 Å². The van der Waals surface area contributed by atoms with Gasteiger partial charge in [0.1, 0.15) is 11.1 Å². The first-order valence-corrected chi connectivity index (χ1v) is 13.0. The summed E-state index contributed by atoms with van der Waals surface area (Å²) >= 11 is 1.26. The number of benzene rings is 3. The lowest BCUT2D eigenvalue weighted by atomic mass is 9.98. The Morgan fingerprint density at radius 3 is 2.42 bits per heavy atom. The van der Waals surface area contributed by atoms with Crippen LogP contribution in [0.25, 0.3) is 22.4 Å². The van der Waals surface area contributed by atoms with Gasteiger partial charge >= 0.3 is 0 Å². The van der Waals surface area contributed by atoms with Crippen LogP contribution in [0.1, 0.15) is 23.6 Å². The fourth-order valence-electron chi connectivity index (χ4n) is 4.11. The van der Waals surface area contributed by atoms with Crippen LogP contribution >= 0.6 is 11.8 Å². The van der Waals surface area contributed by atoms with Crippen molar-refractivity contribution in [1.29, 1.82) is 5.26 Å². The number of rotatable bonds is 8. The number of nitriles is 1. The van der Waals surface area contributed by atoms with Crippen LogP contribution in [0.3, 0.4) is 0 Å². The second-order valence-electron chi connectivity index (χ2n) is 8.82. The van der Waals surface area contributed by atoms with Crippen LogP contribution in [0.4, 0.5) is 5.69 Å². The first-order chi connectivity index (χ1) is 18.4. The van der Waals surface area contributed by atoms with Gasteiger partial charge in [-0.25, -0.2) is 4.98 Å². The molecular weight excluding hydrogens is 494 g/mol. The highest BCUT2D eigenvalue weighted by Gasteiger charge is 2.24. The number of hydrogen-bond donors (Lipinski definition) is 1. The Bertz CT molecular complexity index is 1510. The van der Waals surface area contributed by atoms with E-state index in [-0.39, 0.29) is 5.91 Å². The Kier molecular flexibility index (Phi) is 8.35. The Morgan fingerprint density at radius 1 is 0.974 bits per heavy atom. The second kappa shape index (κ2) is 11.8.